The first-order valence-corrected chi connectivity index (χ1v) is 10.8. The van der Waals surface area contributed by atoms with Crippen molar-refractivity contribution in [3.63, 3.8) is 0 Å². The quantitative estimate of drug-likeness (QED) is 0.745. The summed E-state index contributed by atoms with van der Waals surface area (Å²) in [7, 11) is 0. The number of benzene rings is 1. The smallest absolute Gasteiger partial charge is 0.255 e. The molecule has 4 rings (SSSR count). The van der Waals surface area contributed by atoms with E-state index in [-0.39, 0.29) is 47.9 Å². The highest BCUT2D eigenvalue weighted by atomic mass is 19.1. The van der Waals surface area contributed by atoms with E-state index in [2.05, 4.69) is 17.1 Å². The molecule has 1 N–H and O–H groups in total. The Balaban J connectivity index is 1.54. The van der Waals surface area contributed by atoms with Gasteiger partial charge in [0, 0.05) is 17.5 Å². The van der Waals surface area contributed by atoms with Crippen LogP contribution in [-0.4, -0.2) is 53.2 Å². The lowest BCUT2D eigenvalue weighted by atomic mass is 9.86. The number of halogens is 2. The number of piperidine rings is 2. The van der Waals surface area contributed by atoms with Crippen LogP contribution in [0.15, 0.2) is 6.07 Å². The number of hydrogen-bond acceptors (Lipinski definition) is 4. The van der Waals surface area contributed by atoms with Crippen LogP contribution in [-0.2, 0) is 16.1 Å². The molecule has 0 aliphatic carbocycles. The summed E-state index contributed by atoms with van der Waals surface area (Å²) >= 11 is 0. The number of nitrogens with one attached hydrogen (secondary N) is 1. The van der Waals surface area contributed by atoms with Crippen LogP contribution in [0.5, 0.6) is 0 Å². The minimum atomic E-state index is -0.838. The van der Waals surface area contributed by atoms with Gasteiger partial charge in [0.25, 0.3) is 5.91 Å². The standard InChI is InChI=1S/C22H27F2N3O3/c1-2-3-8-26-9-6-13(7-10-26)19-16(23)11-14-15(20(19)24)12-27(22(14)30)17-4-5-18(28)25-21(17)29/h11,13,17H,2-10,12H2,1H3,(H,25,28,29). The van der Waals surface area contributed by atoms with E-state index < -0.39 is 29.5 Å². The van der Waals surface area contributed by atoms with E-state index in [9.17, 15) is 18.8 Å². The van der Waals surface area contributed by atoms with Crippen molar-refractivity contribution in [2.45, 2.75) is 64.0 Å². The summed E-state index contributed by atoms with van der Waals surface area (Å²) in [5.74, 6) is -3.05. The van der Waals surface area contributed by atoms with Gasteiger partial charge in [-0.3, -0.25) is 19.7 Å². The van der Waals surface area contributed by atoms with E-state index in [4.69, 9.17) is 0 Å². The van der Waals surface area contributed by atoms with Gasteiger partial charge in [0.15, 0.2) is 0 Å². The average Bonchev–Trinajstić information content (AvgIpc) is 3.04. The van der Waals surface area contributed by atoms with E-state index in [1.54, 1.807) is 0 Å². The summed E-state index contributed by atoms with van der Waals surface area (Å²) in [6, 6.07) is 0.293. The highest BCUT2D eigenvalue weighted by Gasteiger charge is 2.42. The molecule has 1 aromatic rings. The maximum atomic E-state index is 15.4. The van der Waals surface area contributed by atoms with Gasteiger partial charge in [0.1, 0.15) is 17.7 Å². The molecule has 6 nitrogen and oxygen atoms in total. The number of fused-ring (bicyclic) bond motifs is 1. The third kappa shape index (κ3) is 3.73. The molecule has 3 heterocycles. The first kappa shape index (κ1) is 20.9. The van der Waals surface area contributed by atoms with Gasteiger partial charge < -0.3 is 9.80 Å². The molecular weight excluding hydrogens is 392 g/mol. The van der Waals surface area contributed by atoms with Gasteiger partial charge in [-0.1, -0.05) is 13.3 Å². The highest BCUT2D eigenvalue weighted by molar-refractivity contribution is 6.05. The molecule has 0 bridgehead atoms. The Bertz CT molecular complexity index is 881. The number of carbonyl (C=O) groups is 3. The Hall–Kier alpha value is -2.35. The largest absolute Gasteiger partial charge is 0.322 e. The molecule has 0 saturated carbocycles. The second-order valence-corrected chi connectivity index (χ2v) is 8.48. The van der Waals surface area contributed by atoms with Crippen molar-refractivity contribution in [1.82, 2.24) is 15.1 Å². The molecule has 0 radical (unpaired) electrons. The van der Waals surface area contributed by atoms with Crippen LogP contribution in [0.1, 0.15) is 72.9 Å². The van der Waals surface area contributed by atoms with Gasteiger partial charge in [0.2, 0.25) is 11.8 Å². The molecular formula is C22H27F2N3O3. The van der Waals surface area contributed by atoms with E-state index in [1.165, 1.54) is 4.90 Å². The van der Waals surface area contributed by atoms with Gasteiger partial charge in [-0.05, 0) is 57.3 Å². The van der Waals surface area contributed by atoms with E-state index in [0.717, 1.165) is 38.5 Å². The third-order valence-electron chi connectivity index (χ3n) is 6.58. The van der Waals surface area contributed by atoms with Crippen LogP contribution < -0.4 is 5.32 Å². The first-order chi connectivity index (χ1) is 14.4. The Morgan fingerprint density at radius 2 is 1.87 bits per heavy atom. The lowest BCUT2D eigenvalue weighted by molar-refractivity contribution is -0.136. The van der Waals surface area contributed by atoms with Crippen molar-refractivity contribution in [2.24, 2.45) is 0 Å². The number of rotatable bonds is 5. The second kappa shape index (κ2) is 8.41. The van der Waals surface area contributed by atoms with Gasteiger partial charge in [-0.15, -0.1) is 0 Å². The predicted molar refractivity (Wildman–Crippen MR) is 106 cm³/mol. The van der Waals surface area contributed by atoms with Crippen LogP contribution in [0.25, 0.3) is 0 Å². The Morgan fingerprint density at radius 1 is 1.13 bits per heavy atom. The molecule has 3 amide bonds. The van der Waals surface area contributed by atoms with Crippen molar-refractivity contribution >= 4 is 17.7 Å². The van der Waals surface area contributed by atoms with E-state index >= 15 is 4.39 Å². The van der Waals surface area contributed by atoms with Crippen molar-refractivity contribution in [1.29, 1.82) is 0 Å². The molecule has 0 spiro atoms. The normalized spacial score (nSPS) is 23.1. The molecule has 1 unspecified atom stereocenters. The topological polar surface area (TPSA) is 69.7 Å². The number of likely N-dealkylation sites (tertiary alicyclic amines) is 1. The predicted octanol–water partition coefficient (Wildman–Crippen LogP) is 2.71. The van der Waals surface area contributed by atoms with Crippen LogP contribution in [0.3, 0.4) is 0 Å². The average molecular weight is 419 g/mol. The van der Waals surface area contributed by atoms with Gasteiger partial charge in [-0.25, -0.2) is 8.78 Å². The Kier molecular flexibility index (Phi) is 5.86. The number of amides is 3. The molecule has 1 aromatic carbocycles. The Labute approximate surface area is 174 Å². The van der Waals surface area contributed by atoms with E-state index in [0.29, 0.717) is 12.8 Å². The van der Waals surface area contributed by atoms with Crippen molar-refractivity contribution in [2.75, 3.05) is 19.6 Å². The van der Waals surface area contributed by atoms with Crippen LogP contribution in [0.2, 0.25) is 0 Å². The Morgan fingerprint density at radius 3 is 2.53 bits per heavy atom. The fourth-order valence-electron chi connectivity index (χ4n) is 4.85. The molecule has 8 heteroatoms. The number of nitrogens with zero attached hydrogens (tertiary/aromatic N) is 2. The zero-order chi connectivity index (χ0) is 21.4. The minimum absolute atomic E-state index is 0.0150. The molecule has 162 valence electrons. The van der Waals surface area contributed by atoms with Crippen molar-refractivity contribution in [3.05, 3.63) is 34.4 Å². The fraction of sp³-hybridized carbons (Fsp3) is 0.591. The highest BCUT2D eigenvalue weighted by Crippen LogP contribution is 2.38. The van der Waals surface area contributed by atoms with Gasteiger partial charge in [0.05, 0.1) is 12.1 Å². The maximum absolute atomic E-state index is 15.4. The van der Waals surface area contributed by atoms with Crippen molar-refractivity contribution in [3.8, 4) is 0 Å². The lowest BCUT2D eigenvalue weighted by Gasteiger charge is -2.32. The summed E-state index contributed by atoms with van der Waals surface area (Å²) in [6.45, 7) is 4.69. The summed E-state index contributed by atoms with van der Waals surface area (Å²) in [6.07, 6.45) is 3.91. The monoisotopic (exact) mass is 419 g/mol. The van der Waals surface area contributed by atoms with E-state index in [1.807, 2.05) is 0 Å². The fourth-order valence-corrected chi connectivity index (χ4v) is 4.85. The number of hydrogen-bond donors (Lipinski definition) is 1. The van der Waals surface area contributed by atoms with Crippen LogP contribution >= 0.6 is 0 Å². The molecule has 3 aliphatic heterocycles. The summed E-state index contributed by atoms with van der Waals surface area (Å²) in [4.78, 5) is 39.9. The number of carbonyl (C=O) groups excluding carboxylic acids is 3. The lowest BCUT2D eigenvalue weighted by Crippen LogP contribution is -2.52. The molecule has 2 fully saturated rings. The molecule has 30 heavy (non-hydrogen) atoms. The summed E-state index contributed by atoms with van der Waals surface area (Å²) in [5.41, 5.74) is 0.218. The van der Waals surface area contributed by atoms with Crippen molar-refractivity contribution < 1.29 is 23.2 Å². The van der Waals surface area contributed by atoms with Crippen LogP contribution in [0, 0.1) is 11.6 Å². The third-order valence-corrected chi connectivity index (χ3v) is 6.58. The molecule has 2 saturated heterocycles. The maximum Gasteiger partial charge on any atom is 0.255 e. The van der Waals surface area contributed by atoms with Crippen LogP contribution in [0.4, 0.5) is 8.78 Å². The molecule has 3 aliphatic rings. The minimum Gasteiger partial charge on any atom is -0.322 e. The summed E-state index contributed by atoms with van der Waals surface area (Å²) in [5, 5.41) is 2.22. The zero-order valence-electron chi connectivity index (χ0n) is 17.2. The zero-order valence-corrected chi connectivity index (χ0v) is 17.2. The molecule has 0 aromatic heterocycles. The summed E-state index contributed by atoms with van der Waals surface area (Å²) < 4.78 is 30.3. The molecule has 1 atom stereocenters. The number of imide groups is 1. The first-order valence-electron chi connectivity index (χ1n) is 10.8. The van der Waals surface area contributed by atoms with Gasteiger partial charge in [-0.2, -0.15) is 0 Å². The van der Waals surface area contributed by atoms with Gasteiger partial charge >= 0.3 is 0 Å². The SMILES string of the molecule is CCCCN1CCC(c2c(F)cc3c(c2F)CN(C2CCC(=O)NC2=O)C3=O)CC1. The number of unbranched alkanes of at least 4 members (excludes halogenated alkanes) is 1. The second-order valence-electron chi connectivity index (χ2n) is 8.48.